The van der Waals surface area contributed by atoms with E-state index in [2.05, 4.69) is 24.8 Å². The summed E-state index contributed by atoms with van der Waals surface area (Å²) in [5, 5.41) is 3.28. The molecule has 2 heterocycles. The smallest absolute Gasteiger partial charge is 0.134 e. The molecule has 0 saturated carbocycles. The molecule has 0 unspecified atom stereocenters. The van der Waals surface area contributed by atoms with Crippen molar-refractivity contribution in [2.75, 3.05) is 17.6 Å². The van der Waals surface area contributed by atoms with Crippen LogP contribution in [0.25, 0.3) is 0 Å². The number of nitrogen functional groups attached to an aromatic ring is 1. The Morgan fingerprint density at radius 1 is 1.33 bits per heavy atom. The molecule has 2 aromatic heterocycles. The lowest BCUT2D eigenvalue weighted by molar-refractivity contribution is 0.620. The molecule has 0 bridgehead atoms. The fourth-order valence-corrected chi connectivity index (χ4v) is 1.69. The molecule has 18 heavy (non-hydrogen) atoms. The van der Waals surface area contributed by atoms with Crippen molar-refractivity contribution < 1.29 is 0 Å². The number of aromatic nitrogens is 4. The van der Waals surface area contributed by atoms with Gasteiger partial charge < -0.3 is 15.6 Å². The normalized spacial score (nSPS) is 10.5. The molecule has 6 nitrogen and oxygen atoms in total. The number of hydrogen-bond acceptors (Lipinski definition) is 5. The first-order chi connectivity index (χ1) is 8.77. The fourth-order valence-electron chi connectivity index (χ4n) is 1.69. The van der Waals surface area contributed by atoms with E-state index in [9.17, 15) is 0 Å². The molecule has 0 amide bonds. The van der Waals surface area contributed by atoms with Crippen molar-refractivity contribution in [3.63, 3.8) is 0 Å². The third-order valence-electron chi connectivity index (χ3n) is 2.82. The van der Waals surface area contributed by atoms with E-state index in [1.54, 1.807) is 6.20 Å². The topological polar surface area (TPSA) is 81.6 Å². The molecule has 0 saturated heterocycles. The molecule has 0 aliphatic heterocycles. The predicted octanol–water partition coefficient (Wildman–Crippen LogP) is 1.46. The van der Waals surface area contributed by atoms with E-state index < -0.39 is 0 Å². The number of unbranched alkanes of at least 4 members (excludes halogenated alkanes) is 1. The Morgan fingerprint density at radius 2 is 2.22 bits per heavy atom. The van der Waals surface area contributed by atoms with Crippen LogP contribution in [0.3, 0.4) is 0 Å². The van der Waals surface area contributed by atoms with Gasteiger partial charge in [0, 0.05) is 31.0 Å². The zero-order valence-electron chi connectivity index (χ0n) is 10.5. The maximum atomic E-state index is 5.71. The van der Waals surface area contributed by atoms with Crippen molar-refractivity contribution in [1.82, 2.24) is 19.5 Å². The first kappa shape index (κ1) is 12.3. The summed E-state index contributed by atoms with van der Waals surface area (Å²) >= 11 is 0. The van der Waals surface area contributed by atoms with Crippen LogP contribution in [0.15, 0.2) is 25.0 Å². The number of anilines is 2. The Labute approximate surface area is 106 Å². The lowest BCUT2D eigenvalue weighted by atomic mass is 10.3. The van der Waals surface area contributed by atoms with Gasteiger partial charge in [-0.3, -0.25) is 0 Å². The van der Waals surface area contributed by atoms with E-state index in [4.69, 9.17) is 5.73 Å². The molecule has 0 spiro atoms. The van der Waals surface area contributed by atoms with Gasteiger partial charge in [-0.2, -0.15) is 0 Å². The van der Waals surface area contributed by atoms with Gasteiger partial charge >= 0.3 is 0 Å². The third kappa shape index (κ3) is 3.19. The summed E-state index contributed by atoms with van der Waals surface area (Å²) in [7, 11) is 0. The number of hydrogen-bond donors (Lipinski definition) is 2. The van der Waals surface area contributed by atoms with E-state index in [-0.39, 0.29) is 0 Å². The first-order valence-electron chi connectivity index (χ1n) is 6.04. The van der Waals surface area contributed by atoms with Gasteiger partial charge in [-0.1, -0.05) is 0 Å². The predicted molar refractivity (Wildman–Crippen MR) is 71.1 cm³/mol. The maximum absolute atomic E-state index is 5.71. The lowest BCUT2D eigenvalue weighted by Crippen LogP contribution is -2.08. The van der Waals surface area contributed by atoms with Crippen LogP contribution >= 0.6 is 0 Å². The first-order valence-corrected chi connectivity index (χ1v) is 6.04. The molecule has 6 heteroatoms. The number of nitrogens with zero attached hydrogens (tertiary/aromatic N) is 4. The molecule has 3 N–H and O–H groups in total. The monoisotopic (exact) mass is 246 g/mol. The summed E-state index contributed by atoms with van der Waals surface area (Å²) in [6.07, 6.45) is 9.26. The molecule has 0 aromatic carbocycles. The van der Waals surface area contributed by atoms with Crippen molar-refractivity contribution in [2.45, 2.75) is 26.3 Å². The molecule has 0 fully saturated rings. The van der Waals surface area contributed by atoms with Gasteiger partial charge in [0.15, 0.2) is 0 Å². The van der Waals surface area contributed by atoms with Gasteiger partial charge in [0.2, 0.25) is 0 Å². The Kier molecular flexibility index (Phi) is 4.11. The molecule has 2 aromatic rings. The second kappa shape index (κ2) is 6.00. The van der Waals surface area contributed by atoms with Gasteiger partial charge in [0.25, 0.3) is 0 Å². The highest BCUT2D eigenvalue weighted by atomic mass is 15.0. The van der Waals surface area contributed by atoms with E-state index in [0.717, 1.165) is 37.3 Å². The number of nitrogens with two attached hydrogens (primary N) is 1. The maximum Gasteiger partial charge on any atom is 0.134 e. The molecule has 0 radical (unpaired) electrons. The number of rotatable bonds is 6. The molecule has 0 atom stereocenters. The Hall–Kier alpha value is -2.11. The lowest BCUT2D eigenvalue weighted by Gasteiger charge is -2.09. The number of imidazole rings is 1. The summed E-state index contributed by atoms with van der Waals surface area (Å²) in [6, 6.07) is 0. The van der Waals surface area contributed by atoms with Crippen molar-refractivity contribution in [1.29, 1.82) is 0 Å². The number of nitrogens with one attached hydrogen (secondary N) is 1. The Bertz CT molecular complexity index is 479. The Balaban J connectivity index is 1.70. The molecular weight excluding hydrogens is 228 g/mol. The van der Waals surface area contributed by atoms with Crippen LogP contribution in [0.4, 0.5) is 11.6 Å². The average molecular weight is 246 g/mol. The second-order valence-corrected chi connectivity index (χ2v) is 4.17. The molecule has 0 aliphatic carbocycles. The summed E-state index contributed by atoms with van der Waals surface area (Å²) in [6.45, 7) is 3.79. The van der Waals surface area contributed by atoms with Crippen LogP contribution < -0.4 is 11.1 Å². The van der Waals surface area contributed by atoms with Gasteiger partial charge in [0.05, 0.1) is 6.33 Å². The molecule has 96 valence electrons. The van der Waals surface area contributed by atoms with E-state index in [1.165, 1.54) is 6.33 Å². The minimum absolute atomic E-state index is 0.533. The van der Waals surface area contributed by atoms with Crippen LogP contribution in [-0.2, 0) is 6.54 Å². The summed E-state index contributed by atoms with van der Waals surface area (Å²) in [5.74, 6) is 1.36. The van der Waals surface area contributed by atoms with Crippen molar-refractivity contribution in [2.24, 2.45) is 0 Å². The van der Waals surface area contributed by atoms with E-state index >= 15 is 0 Å². The second-order valence-electron chi connectivity index (χ2n) is 4.17. The van der Waals surface area contributed by atoms with Crippen LogP contribution in [-0.4, -0.2) is 26.1 Å². The molecule has 2 rings (SSSR count). The molecular formula is C12H18N6. The van der Waals surface area contributed by atoms with E-state index in [0.29, 0.717) is 5.82 Å². The summed E-state index contributed by atoms with van der Waals surface area (Å²) in [4.78, 5) is 12.1. The largest absolute Gasteiger partial charge is 0.383 e. The highest BCUT2D eigenvalue weighted by molar-refractivity contribution is 5.53. The summed E-state index contributed by atoms with van der Waals surface area (Å²) in [5.41, 5.74) is 6.62. The summed E-state index contributed by atoms with van der Waals surface area (Å²) < 4.78 is 2.08. The van der Waals surface area contributed by atoms with Crippen LogP contribution in [0.1, 0.15) is 18.4 Å². The van der Waals surface area contributed by atoms with Crippen LogP contribution in [0.5, 0.6) is 0 Å². The quantitative estimate of drug-likeness (QED) is 0.754. The van der Waals surface area contributed by atoms with Crippen molar-refractivity contribution >= 4 is 11.6 Å². The third-order valence-corrected chi connectivity index (χ3v) is 2.82. The zero-order chi connectivity index (χ0) is 12.8. The number of aryl methyl sites for hydroxylation is 1. The average Bonchev–Trinajstić information content (AvgIpc) is 2.87. The van der Waals surface area contributed by atoms with Crippen LogP contribution in [0.2, 0.25) is 0 Å². The minimum Gasteiger partial charge on any atom is -0.383 e. The molecule has 0 aliphatic rings. The highest BCUT2D eigenvalue weighted by Gasteiger charge is 2.02. The zero-order valence-corrected chi connectivity index (χ0v) is 10.5. The van der Waals surface area contributed by atoms with Crippen LogP contribution in [0, 0.1) is 6.92 Å². The highest BCUT2D eigenvalue weighted by Crippen LogP contribution is 2.14. The van der Waals surface area contributed by atoms with Crippen molar-refractivity contribution in [3.8, 4) is 0 Å². The van der Waals surface area contributed by atoms with Gasteiger partial charge in [-0.15, -0.1) is 0 Å². The van der Waals surface area contributed by atoms with Gasteiger partial charge in [-0.25, -0.2) is 15.0 Å². The van der Waals surface area contributed by atoms with E-state index in [1.807, 2.05) is 19.4 Å². The van der Waals surface area contributed by atoms with Gasteiger partial charge in [0.1, 0.15) is 18.0 Å². The minimum atomic E-state index is 0.533. The Morgan fingerprint density at radius 3 is 3.00 bits per heavy atom. The SMILES string of the molecule is Cc1c(N)ncnc1NCCCCn1ccnc1. The fraction of sp³-hybridized carbons (Fsp3) is 0.417. The standard InChI is InChI=1S/C12H18N6/c1-10-11(13)16-8-17-12(10)15-4-2-3-6-18-7-5-14-9-18/h5,7-9H,2-4,6H2,1H3,(H3,13,15,16,17). The van der Waals surface area contributed by atoms with Crippen molar-refractivity contribution in [3.05, 3.63) is 30.6 Å². The van der Waals surface area contributed by atoms with Gasteiger partial charge in [-0.05, 0) is 19.8 Å².